The van der Waals surface area contributed by atoms with Crippen LogP contribution >= 0.6 is 0 Å². The maximum absolute atomic E-state index is 9.62. The number of unbranched alkanes of at least 4 members (excludes halogenated alkanes) is 2. The third kappa shape index (κ3) is 7.17. The molecule has 4 heteroatoms. The summed E-state index contributed by atoms with van der Waals surface area (Å²) in [6.45, 7) is 3.72. The van der Waals surface area contributed by atoms with Crippen LogP contribution < -0.4 is 0 Å². The van der Waals surface area contributed by atoms with Crippen molar-refractivity contribution in [1.29, 1.82) is 0 Å². The highest BCUT2D eigenvalue weighted by Gasteiger charge is 2.31. The molecule has 0 aromatic rings. The van der Waals surface area contributed by atoms with E-state index in [1.807, 2.05) is 6.92 Å². The number of aliphatic hydroxyl groups excluding tert-OH is 2. The van der Waals surface area contributed by atoms with Crippen molar-refractivity contribution >= 4 is 0 Å². The summed E-state index contributed by atoms with van der Waals surface area (Å²) in [4.78, 5) is 0. The van der Waals surface area contributed by atoms with E-state index in [0.29, 0.717) is 25.7 Å². The lowest BCUT2D eigenvalue weighted by Crippen LogP contribution is -2.42. The lowest BCUT2D eigenvalue weighted by molar-refractivity contribution is -0.231. The average Bonchev–Trinajstić information content (AvgIpc) is 2.17. The summed E-state index contributed by atoms with van der Waals surface area (Å²) < 4.78 is 0. The van der Waals surface area contributed by atoms with Crippen LogP contribution in [0.2, 0.25) is 0 Å². The van der Waals surface area contributed by atoms with Crippen molar-refractivity contribution in [2.24, 2.45) is 0 Å². The van der Waals surface area contributed by atoms with Crippen LogP contribution in [0, 0.1) is 0 Å². The van der Waals surface area contributed by atoms with E-state index >= 15 is 0 Å². The van der Waals surface area contributed by atoms with Gasteiger partial charge in [0.05, 0.1) is 6.10 Å². The van der Waals surface area contributed by atoms with Gasteiger partial charge in [-0.1, -0.05) is 19.8 Å². The van der Waals surface area contributed by atoms with Crippen LogP contribution in [0.5, 0.6) is 0 Å². The third-order valence-corrected chi connectivity index (χ3v) is 2.78. The molecule has 0 aromatic heterocycles. The molecule has 0 amide bonds. The minimum atomic E-state index is -1.98. The molecule has 4 nitrogen and oxygen atoms in total. The van der Waals surface area contributed by atoms with Crippen LogP contribution in [-0.4, -0.2) is 38.4 Å². The largest absolute Gasteiger partial charge is 0.393 e. The molecule has 2 atom stereocenters. The molecule has 0 bridgehead atoms. The fourth-order valence-electron chi connectivity index (χ4n) is 1.64. The zero-order valence-corrected chi connectivity index (χ0v) is 10.4. The van der Waals surface area contributed by atoms with Gasteiger partial charge in [0.2, 0.25) is 0 Å². The molecule has 0 saturated heterocycles. The molecule has 0 aliphatic carbocycles. The number of rotatable bonds is 9. The molecule has 2 unspecified atom stereocenters. The molecule has 0 aliphatic rings. The summed E-state index contributed by atoms with van der Waals surface area (Å²) in [5, 5.41) is 37.9. The summed E-state index contributed by atoms with van der Waals surface area (Å²) in [5.41, 5.74) is 0. The number of hydrogen-bond acceptors (Lipinski definition) is 4. The summed E-state index contributed by atoms with van der Waals surface area (Å²) >= 11 is 0. The molecule has 0 aliphatic heterocycles. The van der Waals surface area contributed by atoms with Gasteiger partial charge in [0.15, 0.2) is 5.79 Å². The van der Waals surface area contributed by atoms with Crippen molar-refractivity contribution in [3.8, 4) is 0 Å². The molecule has 0 radical (unpaired) electrons. The van der Waals surface area contributed by atoms with Gasteiger partial charge in [0, 0.05) is 6.42 Å². The summed E-state index contributed by atoms with van der Waals surface area (Å²) in [6.07, 6.45) is 2.80. The van der Waals surface area contributed by atoms with Crippen molar-refractivity contribution in [2.75, 3.05) is 0 Å². The Labute approximate surface area is 97.9 Å². The van der Waals surface area contributed by atoms with E-state index in [1.54, 1.807) is 6.92 Å². The molecular weight excluding hydrogens is 208 g/mol. The maximum atomic E-state index is 9.62. The van der Waals surface area contributed by atoms with Crippen LogP contribution in [-0.2, 0) is 0 Å². The van der Waals surface area contributed by atoms with Gasteiger partial charge in [0.1, 0.15) is 6.10 Å². The highest BCUT2D eigenvalue weighted by atomic mass is 16.5. The van der Waals surface area contributed by atoms with Gasteiger partial charge in [-0.3, -0.25) is 0 Å². The molecule has 0 fully saturated rings. The molecule has 0 rings (SSSR count). The van der Waals surface area contributed by atoms with E-state index in [-0.39, 0.29) is 6.42 Å². The molecule has 0 aromatic carbocycles. The first-order valence-electron chi connectivity index (χ1n) is 6.21. The van der Waals surface area contributed by atoms with Crippen molar-refractivity contribution in [3.05, 3.63) is 0 Å². The molecule has 0 heterocycles. The highest BCUT2D eigenvalue weighted by molar-refractivity contribution is 4.75. The second-order valence-electron chi connectivity index (χ2n) is 4.63. The summed E-state index contributed by atoms with van der Waals surface area (Å²) in [7, 11) is 0. The van der Waals surface area contributed by atoms with Gasteiger partial charge in [-0.05, 0) is 32.6 Å². The Bertz CT molecular complexity index is 168. The third-order valence-electron chi connectivity index (χ3n) is 2.78. The maximum Gasteiger partial charge on any atom is 0.189 e. The van der Waals surface area contributed by atoms with Gasteiger partial charge in [-0.15, -0.1) is 0 Å². The Morgan fingerprint density at radius 1 is 1.00 bits per heavy atom. The quantitative estimate of drug-likeness (QED) is 0.356. The standard InChI is InChI=1S/C12H26O4/c1-3-4-5-9-12(15,16)11(14)8-6-7-10(2)13/h10-11,13-16H,3-9H2,1-2H3. The van der Waals surface area contributed by atoms with Gasteiger partial charge < -0.3 is 20.4 Å². The van der Waals surface area contributed by atoms with E-state index in [9.17, 15) is 15.3 Å². The fourth-order valence-corrected chi connectivity index (χ4v) is 1.64. The van der Waals surface area contributed by atoms with Gasteiger partial charge in [0.25, 0.3) is 0 Å². The predicted molar refractivity (Wildman–Crippen MR) is 62.8 cm³/mol. The number of hydrogen-bond donors (Lipinski definition) is 4. The lowest BCUT2D eigenvalue weighted by Gasteiger charge is -2.27. The zero-order chi connectivity index (χ0) is 12.6. The minimum absolute atomic E-state index is 0.205. The van der Waals surface area contributed by atoms with Crippen molar-refractivity contribution < 1.29 is 20.4 Å². The van der Waals surface area contributed by atoms with Gasteiger partial charge >= 0.3 is 0 Å². The zero-order valence-electron chi connectivity index (χ0n) is 10.4. The van der Waals surface area contributed by atoms with E-state index < -0.39 is 18.0 Å². The van der Waals surface area contributed by atoms with Crippen molar-refractivity contribution in [1.82, 2.24) is 0 Å². The first-order valence-corrected chi connectivity index (χ1v) is 6.21. The Morgan fingerprint density at radius 3 is 2.12 bits per heavy atom. The van der Waals surface area contributed by atoms with E-state index in [1.165, 1.54) is 0 Å². The molecule has 4 N–H and O–H groups in total. The van der Waals surface area contributed by atoms with E-state index in [2.05, 4.69) is 0 Å². The topological polar surface area (TPSA) is 80.9 Å². The van der Waals surface area contributed by atoms with Crippen LogP contribution in [0.25, 0.3) is 0 Å². The summed E-state index contributed by atoms with van der Waals surface area (Å²) in [5.74, 6) is -1.98. The summed E-state index contributed by atoms with van der Waals surface area (Å²) in [6, 6.07) is 0. The molecule has 0 spiro atoms. The monoisotopic (exact) mass is 234 g/mol. The molecule has 98 valence electrons. The van der Waals surface area contributed by atoms with Crippen molar-refractivity contribution in [2.45, 2.75) is 76.8 Å². The van der Waals surface area contributed by atoms with Crippen LogP contribution in [0.15, 0.2) is 0 Å². The molecular formula is C12H26O4. The fraction of sp³-hybridized carbons (Fsp3) is 1.00. The van der Waals surface area contributed by atoms with Crippen LogP contribution in [0.4, 0.5) is 0 Å². The van der Waals surface area contributed by atoms with E-state index in [0.717, 1.165) is 12.8 Å². The first kappa shape index (κ1) is 15.8. The molecule has 16 heavy (non-hydrogen) atoms. The van der Waals surface area contributed by atoms with E-state index in [4.69, 9.17) is 5.11 Å². The predicted octanol–water partition coefficient (Wildman–Crippen LogP) is 1.16. The van der Waals surface area contributed by atoms with Gasteiger partial charge in [-0.25, -0.2) is 0 Å². The Morgan fingerprint density at radius 2 is 1.62 bits per heavy atom. The smallest absolute Gasteiger partial charge is 0.189 e. The molecule has 0 saturated carbocycles. The van der Waals surface area contributed by atoms with Gasteiger partial charge in [-0.2, -0.15) is 0 Å². The van der Waals surface area contributed by atoms with Crippen molar-refractivity contribution in [3.63, 3.8) is 0 Å². The Balaban J connectivity index is 3.79. The highest BCUT2D eigenvalue weighted by Crippen LogP contribution is 2.20. The minimum Gasteiger partial charge on any atom is -0.393 e. The first-order chi connectivity index (χ1) is 7.40. The SMILES string of the molecule is CCCCCC(O)(O)C(O)CCCC(C)O. The normalized spacial score (nSPS) is 16.1. The van der Waals surface area contributed by atoms with Crippen LogP contribution in [0.1, 0.15) is 58.8 Å². The second-order valence-corrected chi connectivity index (χ2v) is 4.63. The Hall–Kier alpha value is -0.160. The lowest BCUT2D eigenvalue weighted by atomic mass is 9.97. The second kappa shape index (κ2) is 8.01. The Kier molecular flexibility index (Phi) is 7.93. The van der Waals surface area contributed by atoms with Crippen LogP contribution in [0.3, 0.4) is 0 Å². The average molecular weight is 234 g/mol. The number of aliphatic hydroxyl groups is 4.